The molecule has 0 aliphatic rings. The third-order valence-corrected chi connectivity index (χ3v) is 3.33. The maximum Gasteiger partial charge on any atom is 0.121 e. The van der Waals surface area contributed by atoms with Crippen LogP contribution < -0.4 is 9.47 Å². The van der Waals surface area contributed by atoms with Crippen LogP contribution in [0, 0.1) is 13.8 Å². The van der Waals surface area contributed by atoms with Gasteiger partial charge in [0.15, 0.2) is 0 Å². The fraction of sp³-hybridized carbons (Fsp3) is 0.294. The molecule has 19 heavy (non-hydrogen) atoms. The second kappa shape index (κ2) is 5.79. The molecular formula is C17H20O2. The van der Waals surface area contributed by atoms with E-state index in [1.165, 1.54) is 22.3 Å². The lowest BCUT2D eigenvalue weighted by Gasteiger charge is -2.09. The standard InChI is InChI=1S/C17H20O2/c1-12-9-14(5-7-16(12)18-3)11-15-6-8-17(19-4)13(2)10-15/h5-10H,11H2,1-4H3. The molecule has 2 rings (SSSR count). The molecule has 0 radical (unpaired) electrons. The molecule has 0 saturated heterocycles. The van der Waals surface area contributed by atoms with Crippen LogP contribution in [0.5, 0.6) is 11.5 Å². The van der Waals surface area contributed by atoms with Crippen molar-refractivity contribution in [1.82, 2.24) is 0 Å². The van der Waals surface area contributed by atoms with Gasteiger partial charge >= 0.3 is 0 Å². The Hall–Kier alpha value is -1.96. The zero-order valence-corrected chi connectivity index (χ0v) is 12.0. The van der Waals surface area contributed by atoms with Crippen LogP contribution in [0.15, 0.2) is 36.4 Å². The van der Waals surface area contributed by atoms with Gasteiger partial charge in [0, 0.05) is 0 Å². The summed E-state index contributed by atoms with van der Waals surface area (Å²) >= 11 is 0. The van der Waals surface area contributed by atoms with E-state index in [9.17, 15) is 0 Å². The van der Waals surface area contributed by atoms with Gasteiger partial charge in [-0.1, -0.05) is 24.3 Å². The maximum atomic E-state index is 5.28. The van der Waals surface area contributed by atoms with E-state index in [4.69, 9.17) is 9.47 Å². The van der Waals surface area contributed by atoms with E-state index in [0.29, 0.717) is 0 Å². The highest BCUT2D eigenvalue weighted by Crippen LogP contribution is 2.23. The van der Waals surface area contributed by atoms with Crippen LogP contribution in [0.2, 0.25) is 0 Å². The van der Waals surface area contributed by atoms with E-state index in [-0.39, 0.29) is 0 Å². The lowest BCUT2D eigenvalue weighted by atomic mass is 10.0. The number of hydrogen-bond donors (Lipinski definition) is 0. The first-order valence-corrected chi connectivity index (χ1v) is 6.41. The highest BCUT2D eigenvalue weighted by atomic mass is 16.5. The molecule has 0 atom stereocenters. The van der Waals surface area contributed by atoms with Crippen molar-refractivity contribution in [2.75, 3.05) is 14.2 Å². The average Bonchev–Trinajstić information content (AvgIpc) is 2.39. The van der Waals surface area contributed by atoms with E-state index >= 15 is 0 Å². The Morgan fingerprint density at radius 1 is 0.737 bits per heavy atom. The van der Waals surface area contributed by atoms with Crippen LogP contribution in [-0.4, -0.2) is 14.2 Å². The summed E-state index contributed by atoms with van der Waals surface area (Å²) in [5.41, 5.74) is 4.93. The first-order chi connectivity index (χ1) is 9.13. The summed E-state index contributed by atoms with van der Waals surface area (Å²) in [5, 5.41) is 0. The highest BCUT2D eigenvalue weighted by Gasteiger charge is 2.03. The van der Waals surface area contributed by atoms with Crippen molar-refractivity contribution in [2.45, 2.75) is 20.3 Å². The zero-order valence-electron chi connectivity index (χ0n) is 12.0. The molecule has 0 amide bonds. The summed E-state index contributed by atoms with van der Waals surface area (Å²) in [6, 6.07) is 12.6. The molecule has 0 aliphatic heterocycles. The molecule has 0 aliphatic carbocycles. The number of rotatable bonds is 4. The molecule has 0 spiro atoms. The Morgan fingerprint density at radius 2 is 1.16 bits per heavy atom. The Labute approximate surface area is 115 Å². The topological polar surface area (TPSA) is 18.5 Å². The van der Waals surface area contributed by atoms with E-state index < -0.39 is 0 Å². The van der Waals surface area contributed by atoms with Gasteiger partial charge in [-0.3, -0.25) is 0 Å². The number of aryl methyl sites for hydroxylation is 2. The molecular weight excluding hydrogens is 236 g/mol. The molecule has 0 aromatic heterocycles. The molecule has 0 bridgehead atoms. The van der Waals surface area contributed by atoms with Gasteiger partial charge in [-0.2, -0.15) is 0 Å². The SMILES string of the molecule is COc1ccc(Cc2ccc(OC)c(C)c2)cc1C. The molecule has 0 fully saturated rings. The van der Waals surface area contributed by atoms with Crippen LogP contribution in [0.4, 0.5) is 0 Å². The minimum absolute atomic E-state index is 0.926. The predicted molar refractivity (Wildman–Crippen MR) is 78.3 cm³/mol. The molecule has 100 valence electrons. The first kappa shape index (κ1) is 13.5. The van der Waals surface area contributed by atoms with Gasteiger partial charge in [0.05, 0.1) is 14.2 Å². The second-order valence-electron chi connectivity index (χ2n) is 4.78. The van der Waals surface area contributed by atoms with Gasteiger partial charge in [-0.25, -0.2) is 0 Å². The summed E-state index contributed by atoms with van der Waals surface area (Å²) in [7, 11) is 3.41. The molecule has 2 aromatic carbocycles. The minimum atomic E-state index is 0.926. The van der Waals surface area contributed by atoms with Crippen LogP contribution in [-0.2, 0) is 6.42 Å². The largest absolute Gasteiger partial charge is 0.496 e. The van der Waals surface area contributed by atoms with Crippen LogP contribution >= 0.6 is 0 Å². The summed E-state index contributed by atoms with van der Waals surface area (Å²) < 4.78 is 10.6. The summed E-state index contributed by atoms with van der Waals surface area (Å²) in [6.07, 6.45) is 0.926. The fourth-order valence-electron chi connectivity index (χ4n) is 2.34. The summed E-state index contributed by atoms with van der Waals surface area (Å²) in [4.78, 5) is 0. The number of hydrogen-bond acceptors (Lipinski definition) is 2. The van der Waals surface area contributed by atoms with Gasteiger partial charge in [0.1, 0.15) is 11.5 Å². The lowest BCUT2D eigenvalue weighted by molar-refractivity contribution is 0.411. The number of ether oxygens (including phenoxy) is 2. The van der Waals surface area contributed by atoms with Crippen LogP contribution in [0.3, 0.4) is 0 Å². The molecule has 0 saturated carbocycles. The van der Waals surface area contributed by atoms with Gasteiger partial charge in [0.2, 0.25) is 0 Å². The fourth-order valence-corrected chi connectivity index (χ4v) is 2.34. The van der Waals surface area contributed by atoms with Crippen LogP contribution in [0.25, 0.3) is 0 Å². The summed E-state index contributed by atoms with van der Waals surface area (Å²) in [6.45, 7) is 4.14. The lowest BCUT2D eigenvalue weighted by Crippen LogP contribution is -1.94. The van der Waals surface area contributed by atoms with Crippen molar-refractivity contribution in [3.05, 3.63) is 58.7 Å². The van der Waals surface area contributed by atoms with Gasteiger partial charge < -0.3 is 9.47 Å². The van der Waals surface area contributed by atoms with E-state index in [1.807, 2.05) is 12.1 Å². The molecule has 0 unspecified atom stereocenters. The van der Waals surface area contributed by atoms with Crippen LogP contribution in [0.1, 0.15) is 22.3 Å². The van der Waals surface area contributed by atoms with Crippen molar-refractivity contribution >= 4 is 0 Å². The molecule has 0 heterocycles. The zero-order chi connectivity index (χ0) is 13.8. The van der Waals surface area contributed by atoms with Crippen molar-refractivity contribution in [2.24, 2.45) is 0 Å². The number of methoxy groups -OCH3 is 2. The van der Waals surface area contributed by atoms with Gasteiger partial charge in [-0.05, 0) is 54.7 Å². The van der Waals surface area contributed by atoms with E-state index in [2.05, 4.69) is 38.1 Å². The Morgan fingerprint density at radius 3 is 1.47 bits per heavy atom. The maximum absolute atomic E-state index is 5.28. The molecule has 2 aromatic rings. The third kappa shape index (κ3) is 3.08. The normalized spacial score (nSPS) is 10.3. The van der Waals surface area contributed by atoms with Crippen molar-refractivity contribution in [3.63, 3.8) is 0 Å². The van der Waals surface area contributed by atoms with E-state index in [1.54, 1.807) is 14.2 Å². The smallest absolute Gasteiger partial charge is 0.121 e. The van der Waals surface area contributed by atoms with Crippen molar-refractivity contribution < 1.29 is 9.47 Å². The Balaban J connectivity index is 2.21. The minimum Gasteiger partial charge on any atom is -0.496 e. The second-order valence-corrected chi connectivity index (χ2v) is 4.78. The summed E-state index contributed by atoms with van der Waals surface area (Å²) in [5.74, 6) is 1.88. The Kier molecular flexibility index (Phi) is 4.10. The quantitative estimate of drug-likeness (QED) is 0.825. The first-order valence-electron chi connectivity index (χ1n) is 6.41. The van der Waals surface area contributed by atoms with Crippen molar-refractivity contribution in [3.8, 4) is 11.5 Å². The third-order valence-electron chi connectivity index (χ3n) is 3.33. The molecule has 0 N–H and O–H groups in total. The number of benzene rings is 2. The van der Waals surface area contributed by atoms with Gasteiger partial charge in [-0.15, -0.1) is 0 Å². The molecule has 2 heteroatoms. The molecule has 2 nitrogen and oxygen atoms in total. The average molecular weight is 256 g/mol. The monoisotopic (exact) mass is 256 g/mol. The highest BCUT2D eigenvalue weighted by molar-refractivity contribution is 5.41. The predicted octanol–water partition coefficient (Wildman–Crippen LogP) is 3.91. The Bertz CT molecular complexity index is 522. The van der Waals surface area contributed by atoms with Crippen molar-refractivity contribution in [1.29, 1.82) is 0 Å². The van der Waals surface area contributed by atoms with E-state index in [0.717, 1.165) is 17.9 Å². The van der Waals surface area contributed by atoms with Gasteiger partial charge in [0.25, 0.3) is 0 Å².